The van der Waals surface area contributed by atoms with Gasteiger partial charge >= 0.3 is 5.97 Å². The molecule has 0 aliphatic carbocycles. The summed E-state index contributed by atoms with van der Waals surface area (Å²) >= 11 is 0. The van der Waals surface area contributed by atoms with Gasteiger partial charge in [0.2, 0.25) is 0 Å². The fraction of sp³-hybridized carbons (Fsp3) is 0.600. The molecular formula is C15H22N4O2. The van der Waals surface area contributed by atoms with Crippen LogP contribution in [0, 0.1) is 0 Å². The average molecular weight is 290 g/mol. The Bertz CT molecular complexity index is 496. The van der Waals surface area contributed by atoms with Gasteiger partial charge in [-0.3, -0.25) is 9.80 Å². The molecule has 3 heterocycles. The number of carbonyl (C=O) groups is 1. The number of hydrogen-bond acceptors (Lipinski definition) is 6. The summed E-state index contributed by atoms with van der Waals surface area (Å²) in [7, 11) is 1.38. The molecule has 0 bridgehead atoms. The smallest absolute Gasteiger partial charge is 0.356 e. The zero-order valence-electron chi connectivity index (χ0n) is 12.4. The number of nitrogens with one attached hydrogen (secondary N) is 1. The van der Waals surface area contributed by atoms with Crippen LogP contribution in [-0.4, -0.2) is 73.2 Å². The number of rotatable bonds is 4. The Morgan fingerprint density at radius 2 is 2.10 bits per heavy atom. The van der Waals surface area contributed by atoms with E-state index in [0.717, 1.165) is 57.5 Å². The van der Waals surface area contributed by atoms with Crippen molar-refractivity contribution >= 4 is 5.97 Å². The van der Waals surface area contributed by atoms with Gasteiger partial charge in [-0.1, -0.05) is 6.07 Å². The van der Waals surface area contributed by atoms with Gasteiger partial charge < -0.3 is 10.1 Å². The molecule has 1 aromatic heterocycles. The van der Waals surface area contributed by atoms with Gasteiger partial charge in [0.05, 0.1) is 12.8 Å². The van der Waals surface area contributed by atoms with Crippen molar-refractivity contribution in [3.63, 3.8) is 0 Å². The number of carbonyl (C=O) groups excluding carboxylic acids is 1. The molecule has 2 fully saturated rings. The maximum absolute atomic E-state index is 11.5. The van der Waals surface area contributed by atoms with Gasteiger partial charge in [-0.2, -0.15) is 0 Å². The van der Waals surface area contributed by atoms with Crippen molar-refractivity contribution in [1.82, 2.24) is 20.1 Å². The van der Waals surface area contributed by atoms with Crippen LogP contribution in [0.2, 0.25) is 0 Å². The molecule has 2 aliphatic heterocycles. The first kappa shape index (κ1) is 14.4. The number of hydrogen-bond donors (Lipinski definition) is 1. The van der Waals surface area contributed by atoms with Crippen molar-refractivity contribution in [1.29, 1.82) is 0 Å². The van der Waals surface area contributed by atoms with Crippen molar-refractivity contribution < 1.29 is 9.53 Å². The number of aromatic nitrogens is 1. The molecule has 6 nitrogen and oxygen atoms in total. The van der Waals surface area contributed by atoms with Crippen LogP contribution in [0.15, 0.2) is 18.2 Å². The first-order chi connectivity index (χ1) is 10.3. The standard InChI is InChI=1S/C15H22N4O2/c1-21-15(20)14-4-2-3-12(17-14)11-18-5-7-19(8-6-18)13-9-16-10-13/h2-4,13,16H,5-11H2,1H3. The summed E-state index contributed by atoms with van der Waals surface area (Å²) in [6, 6.07) is 6.25. The summed E-state index contributed by atoms with van der Waals surface area (Å²) in [6.07, 6.45) is 0. The van der Waals surface area contributed by atoms with Crippen LogP contribution in [0.5, 0.6) is 0 Å². The second kappa shape index (κ2) is 6.51. The Morgan fingerprint density at radius 3 is 2.71 bits per heavy atom. The summed E-state index contributed by atoms with van der Waals surface area (Å²) in [6.45, 7) is 7.39. The van der Waals surface area contributed by atoms with Crippen molar-refractivity contribution in [2.45, 2.75) is 12.6 Å². The predicted molar refractivity (Wildman–Crippen MR) is 79.1 cm³/mol. The topological polar surface area (TPSA) is 57.7 Å². The SMILES string of the molecule is COC(=O)c1cccc(CN2CCN(C3CNC3)CC2)n1. The van der Waals surface area contributed by atoms with E-state index in [2.05, 4.69) is 20.1 Å². The van der Waals surface area contributed by atoms with Gasteiger partial charge in [-0.05, 0) is 12.1 Å². The molecule has 1 aromatic rings. The number of pyridine rings is 1. The number of esters is 1. The second-order valence-electron chi connectivity index (χ2n) is 5.63. The summed E-state index contributed by atoms with van der Waals surface area (Å²) in [4.78, 5) is 20.8. The minimum absolute atomic E-state index is 0.376. The van der Waals surface area contributed by atoms with Gasteiger partial charge in [0, 0.05) is 51.9 Å². The van der Waals surface area contributed by atoms with E-state index < -0.39 is 0 Å². The van der Waals surface area contributed by atoms with Crippen molar-refractivity contribution in [2.75, 3.05) is 46.4 Å². The molecule has 2 aliphatic rings. The summed E-state index contributed by atoms with van der Waals surface area (Å²) in [5, 5.41) is 3.32. The highest BCUT2D eigenvalue weighted by atomic mass is 16.5. The first-order valence-electron chi connectivity index (χ1n) is 7.47. The average Bonchev–Trinajstić information content (AvgIpc) is 2.47. The van der Waals surface area contributed by atoms with Crippen molar-refractivity contribution in [3.05, 3.63) is 29.6 Å². The molecule has 0 spiro atoms. The van der Waals surface area contributed by atoms with E-state index in [-0.39, 0.29) is 5.97 Å². The van der Waals surface area contributed by atoms with Crippen LogP contribution < -0.4 is 5.32 Å². The predicted octanol–water partition coefficient (Wildman–Crippen LogP) is -0.0424. The van der Waals surface area contributed by atoms with Gasteiger partial charge in [0.1, 0.15) is 5.69 Å². The number of nitrogens with zero attached hydrogens (tertiary/aromatic N) is 3. The van der Waals surface area contributed by atoms with Crippen LogP contribution in [0.25, 0.3) is 0 Å². The lowest BCUT2D eigenvalue weighted by Crippen LogP contribution is -2.61. The minimum Gasteiger partial charge on any atom is -0.464 e. The lowest BCUT2D eigenvalue weighted by atomic mass is 10.1. The third-order valence-electron chi connectivity index (χ3n) is 4.27. The Balaban J connectivity index is 1.54. The van der Waals surface area contributed by atoms with Crippen LogP contribution >= 0.6 is 0 Å². The lowest BCUT2D eigenvalue weighted by Gasteiger charge is -2.43. The zero-order chi connectivity index (χ0) is 14.7. The monoisotopic (exact) mass is 290 g/mol. The molecular weight excluding hydrogens is 268 g/mol. The van der Waals surface area contributed by atoms with Gasteiger partial charge in [-0.25, -0.2) is 9.78 Å². The van der Waals surface area contributed by atoms with Crippen LogP contribution in [-0.2, 0) is 11.3 Å². The van der Waals surface area contributed by atoms with Crippen LogP contribution in [0.4, 0.5) is 0 Å². The van der Waals surface area contributed by atoms with Crippen LogP contribution in [0.1, 0.15) is 16.2 Å². The minimum atomic E-state index is -0.376. The van der Waals surface area contributed by atoms with E-state index >= 15 is 0 Å². The van der Waals surface area contributed by atoms with E-state index in [0.29, 0.717) is 5.69 Å². The van der Waals surface area contributed by atoms with E-state index in [1.165, 1.54) is 7.11 Å². The Morgan fingerprint density at radius 1 is 1.33 bits per heavy atom. The third kappa shape index (κ3) is 3.40. The second-order valence-corrected chi connectivity index (χ2v) is 5.63. The van der Waals surface area contributed by atoms with E-state index in [1.54, 1.807) is 6.07 Å². The summed E-state index contributed by atoms with van der Waals surface area (Å²) in [5.41, 5.74) is 1.31. The Kier molecular flexibility index (Phi) is 4.48. The molecule has 0 unspecified atom stereocenters. The molecule has 21 heavy (non-hydrogen) atoms. The molecule has 6 heteroatoms. The fourth-order valence-corrected chi connectivity index (χ4v) is 2.83. The summed E-state index contributed by atoms with van der Waals surface area (Å²) in [5.74, 6) is -0.376. The highest BCUT2D eigenvalue weighted by molar-refractivity contribution is 5.87. The van der Waals surface area contributed by atoms with E-state index in [9.17, 15) is 4.79 Å². The molecule has 0 atom stereocenters. The maximum atomic E-state index is 11.5. The van der Waals surface area contributed by atoms with Gasteiger partial charge in [0.15, 0.2) is 0 Å². The quantitative estimate of drug-likeness (QED) is 0.785. The number of ether oxygens (including phenoxy) is 1. The van der Waals surface area contributed by atoms with E-state index in [4.69, 9.17) is 4.74 Å². The highest BCUT2D eigenvalue weighted by Gasteiger charge is 2.27. The molecule has 0 aromatic carbocycles. The molecule has 0 amide bonds. The maximum Gasteiger partial charge on any atom is 0.356 e. The number of methoxy groups -OCH3 is 1. The molecule has 1 N–H and O–H groups in total. The Hall–Kier alpha value is -1.50. The normalized spacial score (nSPS) is 21.0. The summed E-state index contributed by atoms with van der Waals surface area (Å²) < 4.78 is 4.71. The third-order valence-corrected chi connectivity index (χ3v) is 4.27. The largest absolute Gasteiger partial charge is 0.464 e. The van der Waals surface area contributed by atoms with Crippen LogP contribution in [0.3, 0.4) is 0 Å². The number of piperazine rings is 1. The fourth-order valence-electron chi connectivity index (χ4n) is 2.83. The first-order valence-corrected chi connectivity index (χ1v) is 7.47. The molecule has 0 radical (unpaired) electrons. The molecule has 114 valence electrons. The Labute approximate surface area is 125 Å². The van der Waals surface area contributed by atoms with Crippen molar-refractivity contribution in [2.24, 2.45) is 0 Å². The van der Waals surface area contributed by atoms with Gasteiger partial charge in [-0.15, -0.1) is 0 Å². The highest BCUT2D eigenvalue weighted by Crippen LogP contribution is 2.12. The molecule has 2 saturated heterocycles. The lowest BCUT2D eigenvalue weighted by molar-refractivity contribution is 0.0591. The van der Waals surface area contributed by atoms with Crippen molar-refractivity contribution in [3.8, 4) is 0 Å². The molecule has 3 rings (SSSR count). The van der Waals surface area contributed by atoms with E-state index in [1.807, 2.05) is 12.1 Å². The van der Waals surface area contributed by atoms with Gasteiger partial charge in [0.25, 0.3) is 0 Å². The zero-order valence-corrected chi connectivity index (χ0v) is 12.4. The molecule has 0 saturated carbocycles.